The zero-order valence-electron chi connectivity index (χ0n) is 9.31. The van der Waals surface area contributed by atoms with Crippen molar-refractivity contribution >= 4 is 22.2 Å². The van der Waals surface area contributed by atoms with Gasteiger partial charge < -0.3 is 4.74 Å². The third-order valence-corrected chi connectivity index (χ3v) is 3.04. The van der Waals surface area contributed by atoms with E-state index < -0.39 is 0 Å². The monoisotopic (exact) mass is 290 g/mol. The molecule has 0 aliphatic rings. The number of carbonyl (C=O) groups excluding carboxylic acids is 1. The maximum absolute atomic E-state index is 10.7. The van der Waals surface area contributed by atoms with E-state index in [0.29, 0.717) is 11.3 Å². The molecule has 0 saturated heterocycles. The van der Waals surface area contributed by atoms with Gasteiger partial charge in [-0.1, -0.05) is 17.7 Å². The average molecular weight is 291 g/mol. The summed E-state index contributed by atoms with van der Waals surface area (Å²) >= 11 is 3.32. The predicted octanol–water partition coefficient (Wildman–Crippen LogP) is 4.36. The maximum Gasteiger partial charge on any atom is 0.151 e. The fraction of sp³-hybridized carbons (Fsp3) is 0.0714. The van der Waals surface area contributed by atoms with Crippen LogP contribution in [0.3, 0.4) is 0 Å². The molecule has 0 atom stereocenters. The molecule has 2 nitrogen and oxygen atoms in total. The molecule has 0 aromatic heterocycles. The molecule has 3 heteroatoms. The third-order valence-electron chi connectivity index (χ3n) is 2.36. The topological polar surface area (TPSA) is 26.3 Å². The quantitative estimate of drug-likeness (QED) is 0.785. The van der Waals surface area contributed by atoms with Crippen LogP contribution in [-0.2, 0) is 0 Å². The van der Waals surface area contributed by atoms with Gasteiger partial charge in [0.1, 0.15) is 11.5 Å². The Kier molecular flexibility index (Phi) is 3.59. The summed E-state index contributed by atoms with van der Waals surface area (Å²) in [6.45, 7) is 2.03. The second kappa shape index (κ2) is 5.15. The standard InChI is InChI=1S/C14H11BrO2/c1-10-2-5-12(6-3-10)17-13-7-4-11(9-16)14(15)8-13/h2-9H,1H3. The molecular weight excluding hydrogens is 280 g/mol. The molecule has 2 rings (SSSR count). The molecule has 0 fully saturated rings. The maximum atomic E-state index is 10.7. The molecule has 2 aromatic carbocycles. The van der Waals surface area contributed by atoms with Crippen LogP contribution in [0.15, 0.2) is 46.9 Å². The van der Waals surface area contributed by atoms with Gasteiger partial charge in [-0.2, -0.15) is 0 Å². The molecule has 0 N–H and O–H groups in total. The van der Waals surface area contributed by atoms with Gasteiger partial charge in [0.25, 0.3) is 0 Å². The highest BCUT2D eigenvalue weighted by atomic mass is 79.9. The second-order valence-corrected chi connectivity index (χ2v) is 4.57. The van der Waals surface area contributed by atoms with E-state index in [9.17, 15) is 4.79 Å². The number of halogens is 1. The molecule has 0 amide bonds. The Morgan fingerprint density at radius 3 is 2.29 bits per heavy atom. The van der Waals surface area contributed by atoms with E-state index in [1.807, 2.05) is 31.2 Å². The molecule has 0 bridgehead atoms. The van der Waals surface area contributed by atoms with Crippen molar-refractivity contribution in [1.29, 1.82) is 0 Å². The zero-order chi connectivity index (χ0) is 12.3. The number of benzene rings is 2. The van der Waals surface area contributed by atoms with Gasteiger partial charge in [-0.15, -0.1) is 0 Å². The number of aryl methyl sites for hydroxylation is 1. The average Bonchev–Trinajstić information content (AvgIpc) is 2.32. The van der Waals surface area contributed by atoms with Crippen LogP contribution in [0, 0.1) is 6.92 Å². The molecule has 0 saturated carbocycles. The first-order valence-electron chi connectivity index (χ1n) is 5.18. The largest absolute Gasteiger partial charge is 0.457 e. The molecular formula is C14H11BrO2. The van der Waals surface area contributed by atoms with Crippen LogP contribution in [0.5, 0.6) is 11.5 Å². The Hall–Kier alpha value is -1.61. The van der Waals surface area contributed by atoms with Gasteiger partial charge in [-0.25, -0.2) is 0 Å². The number of rotatable bonds is 3. The third kappa shape index (κ3) is 2.94. The van der Waals surface area contributed by atoms with Crippen LogP contribution < -0.4 is 4.74 Å². The van der Waals surface area contributed by atoms with E-state index in [-0.39, 0.29) is 0 Å². The summed E-state index contributed by atoms with van der Waals surface area (Å²) in [6.07, 6.45) is 0.805. The van der Waals surface area contributed by atoms with Crippen molar-refractivity contribution < 1.29 is 9.53 Å². The first-order chi connectivity index (χ1) is 8.19. The van der Waals surface area contributed by atoms with Crippen molar-refractivity contribution in [2.75, 3.05) is 0 Å². The predicted molar refractivity (Wildman–Crippen MR) is 70.8 cm³/mol. The normalized spacial score (nSPS) is 10.0. The number of carbonyl (C=O) groups is 1. The van der Waals surface area contributed by atoms with E-state index in [1.165, 1.54) is 5.56 Å². The molecule has 0 heterocycles. The Balaban J connectivity index is 2.21. The fourth-order valence-corrected chi connectivity index (χ4v) is 1.86. The number of hydrogen-bond donors (Lipinski definition) is 0. The fourth-order valence-electron chi connectivity index (χ4n) is 1.41. The van der Waals surface area contributed by atoms with Crippen LogP contribution in [0.1, 0.15) is 15.9 Å². The Labute approximate surface area is 108 Å². The van der Waals surface area contributed by atoms with Crippen LogP contribution >= 0.6 is 15.9 Å². The molecule has 0 aliphatic heterocycles. The van der Waals surface area contributed by atoms with E-state index in [2.05, 4.69) is 15.9 Å². The van der Waals surface area contributed by atoms with Gasteiger partial charge in [0.15, 0.2) is 6.29 Å². The van der Waals surface area contributed by atoms with Gasteiger partial charge in [0.2, 0.25) is 0 Å². The van der Waals surface area contributed by atoms with Crippen molar-refractivity contribution in [3.63, 3.8) is 0 Å². The minimum Gasteiger partial charge on any atom is -0.457 e. The lowest BCUT2D eigenvalue weighted by Gasteiger charge is -2.07. The van der Waals surface area contributed by atoms with E-state index in [0.717, 1.165) is 16.5 Å². The summed E-state index contributed by atoms with van der Waals surface area (Å²) in [7, 11) is 0. The lowest BCUT2D eigenvalue weighted by Crippen LogP contribution is -1.87. The number of aldehydes is 1. The lowest BCUT2D eigenvalue weighted by atomic mass is 10.2. The second-order valence-electron chi connectivity index (χ2n) is 3.72. The van der Waals surface area contributed by atoms with Crippen molar-refractivity contribution in [2.24, 2.45) is 0 Å². The molecule has 86 valence electrons. The van der Waals surface area contributed by atoms with Crippen LogP contribution in [-0.4, -0.2) is 6.29 Å². The molecule has 0 aliphatic carbocycles. The highest BCUT2D eigenvalue weighted by Crippen LogP contribution is 2.26. The highest BCUT2D eigenvalue weighted by Gasteiger charge is 2.02. The van der Waals surface area contributed by atoms with Crippen molar-refractivity contribution in [1.82, 2.24) is 0 Å². The van der Waals surface area contributed by atoms with Crippen LogP contribution in [0.2, 0.25) is 0 Å². The van der Waals surface area contributed by atoms with Crippen LogP contribution in [0.25, 0.3) is 0 Å². The number of hydrogen-bond acceptors (Lipinski definition) is 2. The first kappa shape index (κ1) is 11.9. The molecule has 0 radical (unpaired) electrons. The SMILES string of the molecule is Cc1ccc(Oc2ccc(C=O)c(Br)c2)cc1. The van der Waals surface area contributed by atoms with Gasteiger partial charge in [0.05, 0.1) is 0 Å². The summed E-state index contributed by atoms with van der Waals surface area (Å²) < 4.78 is 6.40. The summed E-state index contributed by atoms with van der Waals surface area (Å²) in [5.41, 5.74) is 1.80. The van der Waals surface area contributed by atoms with Gasteiger partial charge >= 0.3 is 0 Å². The number of ether oxygens (including phenoxy) is 1. The summed E-state index contributed by atoms with van der Waals surface area (Å²) in [5.74, 6) is 1.48. The Morgan fingerprint density at radius 1 is 1.06 bits per heavy atom. The smallest absolute Gasteiger partial charge is 0.151 e. The van der Waals surface area contributed by atoms with E-state index in [4.69, 9.17) is 4.74 Å². The zero-order valence-corrected chi connectivity index (χ0v) is 10.9. The van der Waals surface area contributed by atoms with Crippen LogP contribution in [0.4, 0.5) is 0 Å². The van der Waals surface area contributed by atoms with Crippen molar-refractivity contribution in [3.05, 3.63) is 58.1 Å². The molecule has 2 aromatic rings. The summed E-state index contributed by atoms with van der Waals surface area (Å²) in [4.78, 5) is 10.7. The Morgan fingerprint density at radius 2 is 1.71 bits per heavy atom. The van der Waals surface area contributed by atoms with E-state index in [1.54, 1.807) is 18.2 Å². The molecule has 17 heavy (non-hydrogen) atoms. The Bertz CT molecular complexity index is 532. The summed E-state index contributed by atoms with van der Waals surface area (Å²) in [6, 6.07) is 13.1. The minimum absolute atomic E-state index is 0.612. The summed E-state index contributed by atoms with van der Waals surface area (Å²) in [5, 5.41) is 0. The minimum atomic E-state index is 0.612. The molecule has 0 spiro atoms. The van der Waals surface area contributed by atoms with Gasteiger partial charge in [0, 0.05) is 10.0 Å². The van der Waals surface area contributed by atoms with Crippen molar-refractivity contribution in [2.45, 2.75) is 6.92 Å². The van der Waals surface area contributed by atoms with Crippen molar-refractivity contribution in [3.8, 4) is 11.5 Å². The van der Waals surface area contributed by atoms with Gasteiger partial charge in [-0.05, 0) is 53.2 Å². The van der Waals surface area contributed by atoms with Gasteiger partial charge in [-0.3, -0.25) is 4.79 Å². The highest BCUT2D eigenvalue weighted by molar-refractivity contribution is 9.10. The lowest BCUT2D eigenvalue weighted by molar-refractivity contribution is 0.112. The molecule has 0 unspecified atom stereocenters. The van der Waals surface area contributed by atoms with E-state index >= 15 is 0 Å². The first-order valence-corrected chi connectivity index (χ1v) is 5.97.